The first-order chi connectivity index (χ1) is 7.29. The summed E-state index contributed by atoms with van der Waals surface area (Å²) in [6.07, 6.45) is 3.30. The minimum absolute atomic E-state index is 0.127. The van der Waals surface area contributed by atoms with Crippen molar-refractivity contribution in [1.82, 2.24) is 15.5 Å². The first-order valence-corrected chi connectivity index (χ1v) is 5.96. The van der Waals surface area contributed by atoms with Crippen LogP contribution in [0.2, 0.25) is 0 Å². The molecule has 88 valence electrons. The van der Waals surface area contributed by atoms with E-state index < -0.39 is 0 Å². The fourth-order valence-electron chi connectivity index (χ4n) is 2.11. The van der Waals surface area contributed by atoms with Crippen LogP contribution >= 0.6 is 0 Å². The van der Waals surface area contributed by atoms with Gasteiger partial charge in [-0.1, -0.05) is 6.92 Å². The van der Waals surface area contributed by atoms with Gasteiger partial charge in [-0.05, 0) is 39.4 Å². The van der Waals surface area contributed by atoms with E-state index in [1.807, 2.05) is 7.05 Å². The maximum Gasteiger partial charge on any atom is 0.237 e. The van der Waals surface area contributed by atoms with E-state index >= 15 is 0 Å². The highest BCUT2D eigenvalue weighted by atomic mass is 16.2. The number of likely N-dealkylation sites (tertiary alicyclic amines) is 1. The Morgan fingerprint density at radius 1 is 1.47 bits per heavy atom. The molecule has 1 aliphatic heterocycles. The molecule has 0 aliphatic carbocycles. The summed E-state index contributed by atoms with van der Waals surface area (Å²) in [5.74, 6) is 0.205. The molecule has 1 rings (SSSR count). The van der Waals surface area contributed by atoms with E-state index in [2.05, 4.69) is 22.5 Å². The summed E-state index contributed by atoms with van der Waals surface area (Å²) in [6.45, 7) is 5.86. The van der Waals surface area contributed by atoms with E-state index in [0.717, 1.165) is 45.4 Å². The second kappa shape index (κ2) is 6.80. The molecular weight excluding hydrogens is 190 g/mol. The summed E-state index contributed by atoms with van der Waals surface area (Å²) in [5.41, 5.74) is 0. The maximum absolute atomic E-state index is 11.8. The van der Waals surface area contributed by atoms with Gasteiger partial charge in [0.25, 0.3) is 0 Å². The van der Waals surface area contributed by atoms with Gasteiger partial charge in [-0.3, -0.25) is 9.69 Å². The smallest absolute Gasteiger partial charge is 0.237 e. The highest BCUT2D eigenvalue weighted by molar-refractivity contribution is 5.82. The van der Waals surface area contributed by atoms with E-state index in [1.54, 1.807) is 0 Å². The van der Waals surface area contributed by atoms with Crippen LogP contribution in [0.25, 0.3) is 0 Å². The van der Waals surface area contributed by atoms with Crippen LogP contribution in [0.3, 0.4) is 0 Å². The zero-order chi connectivity index (χ0) is 11.1. The molecule has 2 N–H and O–H groups in total. The Kier molecular flexibility index (Phi) is 5.65. The zero-order valence-corrected chi connectivity index (χ0v) is 9.88. The highest BCUT2D eigenvalue weighted by Gasteiger charge is 2.29. The number of carbonyl (C=O) groups is 1. The van der Waals surface area contributed by atoms with E-state index in [0.29, 0.717) is 0 Å². The topological polar surface area (TPSA) is 44.4 Å². The predicted octanol–water partition coefficient (Wildman–Crippen LogP) is 0.196. The Hall–Kier alpha value is -0.610. The van der Waals surface area contributed by atoms with Gasteiger partial charge in [0.05, 0.1) is 6.04 Å². The average Bonchev–Trinajstić information content (AvgIpc) is 2.67. The average molecular weight is 213 g/mol. The maximum atomic E-state index is 11.8. The van der Waals surface area contributed by atoms with Crippen LogP contribution in [-0.2, 0) is 4.79 Å². The molecule has 15 heavy (non-hydrogen) atoms. The van der Waals surface area contributed by atoms with Crippen LogP contribution in [0.1, 0.15) is 26.2 Å². The van der Waals surface area contributed by atoms with Crippen molar-refractivity contribution >= 4 is 5.91 Å². The van der Waals surface area contributed by atoms with Crippen molar-refractivity contribution in [3.8, 4) is 0 Å². The largest absolute Gasteiger partial charge is 0.353 e. The van der Waals surface area contributed by atoms with Gasteiger partial charge in [0.15, 0.2) is 0 Å². The predicted molar refractivity (Wildman–Crippen MR) is 61.8 cm³/mol. The third-order valence-electron chi connectivity index (χ3n) is 2.85. The monoisotopic (exact) mass is 213 g/mol. The number of hydrogen-bond acceptors (Lipinski definition) is 3. The van der Waals surface area contributed by atoms with Crippen LogP contribution in [-0.4, -0.2) is 50.1 Å². The second-order valence-corrected chi connectivity index (χ2v) is 4.09. The highest BCUT2D eigenvalue weighted by Crippen LogP contribution is 2.17. The van der Waals surface area contributed by atoms with Crippen molar-refractivity contribution in [2.24, 2.45) is 0 Å². The van der Waals surface area contributed by atoms with Crippen molar-refractivity contribution < 1.29 is 4.79 Å². The normalized spacial score (nSPS) is 21.9. The Labute approximate surface area is 92.4 Å². The first-order valence-electron chi connectivity index (χ1n) is 5.96. The number of hydrogen-bond donors (Lipinski definition) is 2. The quantitative estimate of drug-likeness (QED) is 0.619. The van der Waals surface area contributed by atoms with Gasteiger partial charge >= 0.3 is 0 Å². The summed E-state index contributed by atoms with van der Waals surface area (Å²) in [6, 6.07) is 0.127. The summed E-state index contributed by atoms with van der Waals surface area (Å²) in [4.78, 5) is 14.1. The van der Waals surface area contributed by atoms with Crippen molar-refractivity contribution in [2.75, 3.05) is 33.2 Å². The van der Waals surface area contributed by atoms with Gasteiger partial charge in [0.1, 0.15) is 0 Å². The molecule has 0 saturated carbocycles. The molecule has 1 heterocycles. The van der Waals surface area contributed by atoms with Crippen molar-refractivity contribution in [3.63, 3.8) is 0 Å². The number of carbonyl (C=O) groups excluding carboxylic acids is 1. The lowest BCUT2D eigenvalue weighted by molar-refractivity contribution is -0.125. The SMILES string of the molecule is CCCN1CCCC1C(=O)NCCNC. The molecule has 0 aromatic heterocycles. The molecule has 0 aromatic rings. The molecule has 0 aromatic carbocycles. The fourth-order valence-corrected chi connectivity index (χ4v) is 2.11. The second-order valence-electron chi connectivity index (χ2n) is 4.09. The minimum atomic E-state index is 0.127. The fraction of sp³-hybridized carbons (Fsp3) is 0.909. The van der Waals surface area contributed by atoms with Crippen molar-refractivity contribution in [2.45, 2.75) is 32.2 Å². The molecule has 1 atom stereocenters. The molecule has 1 aliphatic rings. The lowest BCUT2D eigenvalue weighted by Gasteiger charge is -2.22. The van der Waals surface area contributed by atoms with Gasteiger partial charge in [0, 0.05) is 13.1 Å². The van der Waals surface area contributed by atoms with Crippen LogP contribution < -0.4 is 10.6 Å². The first kappa shape index (κ1) is 12.5. The van der Waals surface area contributed by atoms with E-state index in [4.69, 9.17) is 0 Å². The third kappa shape index (κ3) is 3.80. The molecule has 4 heteroatoms. The van der Waals surface area contributed by atoms with Crippen molar-refractivity contribution in [3.05, 3.63) is 0 Å². The Balaban J connectivity index is 2.30. The molecule has 1 saturated heterocycles. The van der Waals surface area contributed by atoms with Gasteiger partial charge in [-0.2, -0.15) is 0 Å². The summed E-state index contributed by atoms with van der Waals surface area (Å²) >= 11 is 0. The molecule has 0 radical (unpaired) electrons. The number of rotatable bonds is 6. The van der Waals surface area contributed by atoms with Gasteiger partial charge in [0.2, 0.25) is 5.91 Å². The molecule has 0 bridgehead atoms. The number of nitrogens with one attached hydrogen (secondary N) is 2. The van der Waals surface area contributed by atoms with Crippen LogP contribution in [0.4, 0.5) is 0 Å². The number of amides is 1. The lowest BCUT2D eigenvalue weighted by atomic mass is 10.2. The molecule has 0 spiro atoms. The zero-order valence-electron chi connectivity index (χ0n) is 9.88. The molecule has 4 nitrogen and oxygen atoms in total. The molecule has 1 unspecified atom stereocenters. The number of nitrogens with zero attached hydrogens (tertiary/aromatic N) is 1. The number of likely N-dealkylation sites (N-methyl/N-ethyl adjacent to an activating group) is 1. The molecular formula is C11H23N3O. The van der Waals surface area contributed by atoms with Crippen LogP contribution in [0.15, 0.2) is 0 Å². The van der Waals surface area contributed by atoms with E-state index in [1.165, 1.54) is 0 Å². The standard InChI is InChI=1S/C11H23N3O/c1-3-8-14-9-4-5-10(14)11(15)13-7-6-12-2/h10,12H,3-9H2,1-2H3,(H,13,15). The lowest BCUT2D eigenvalue weighted by Crippen LogP contribution is -2.44. The van der Waals surface area contributed by atoms with Gasteiger partial charge in [-0.15, -0.1) is 0 Å². The van der Waals surface area contributed by atoms with Gasteiger partial charge in [-0.25, -0.2) is 0 Å². The van der Waals surface area contributed by atoms with E-state index in [-0.39, 0.29) is 11.9 Å². The van der Waals surface area contributed by atoms with Crippen LogP contribution in [0.5, 0.6) is 0 Å². The third-order valence-corrected chi connectivity index (χ3v) is 2.85. The Morgan fingerprint density at radius 3 is 2.93 bits per heavy atom. The van der Waals surface area contributed by atoms with Crippen LogP contribution in [0, 0.1) is 0 Å². The molecule has 1 fully saturated rings. The molecule has 1 amide bonds. The van der Waals surface area contributed by atoms with Gasteiger partial charge < -0.3 is 10.6 Å². The minimum Gasteiger partial charge on any atom is -0.353 e. The Morgan fingerprint density at radius 2 is 2.27 bits per heavy atom. The summed E-state index contributed by atoms with van der Waals surface area (Å²) < 4.78 is 0. The summed E-state index contributed by atoms with van der Waals surface area (Å²) in [7, 11) is 1.89. The van der Waals surface area contributed by atoms with Crippen molar-refractivity contribution in [1.29, 1.82) is 0 Å². The summed E-state index contributed by atoms with van der Waals surface area (Å²) in [5, 5.41) is 5.99. The van der Waals surface area contributed by atoms with E-state index in [9.17, 15) is 4.79 Å². The Bertz CT molecular complexity index is 196.